The molecule has 230 valence electrons. The van der Waals surface area contributed by atoms with Gasteiger partial charge in [-0.15, -0.1) is 0 Å². The number of nitrogens with zero attached hydrogens (tertiary/aromatic N) is 2. The Morgan fingerprint density at radius 2 is 1.79 bits per heavy atom. The monoisotopic (exact) mass is 585 g/mol. The van der Waals surface area contributed by atoms with Crippen LogP contribution in [0.25, 0.3) is 0 Å². The fraction of sp³-hybridized carbons (Fsp3) is 0.567. The van der Waals surface area contributed by atoms with E-state index in [-0.39, 0.29) is 30.5 Å². The first-order chi connectivity index (χ1) is 20.0. The summed E-state index contributed by atoms with van der Waals surface area (Å²) in [5.74, 6) is -1.16. The predicted molar refractivity (Wildman–Crippen MR) is 154 cm³/mol. The van der Waals surface area contributed by atoms with Gasteiger partial charge in [0.2, 0.25) is 11.8 Å². The van der Waals surface area contributed by atoms with Crippen LogP contribution in [-0.2, 0) is 30.4 Å². The van der Waals surface area contributed by atoms with Crippen molar-refractivity contribution in [2.45, 2.75) is 64.8 Å². The first-order valence-corrected chi connectivity index (χ1v) is 14.3. The van der Waals surface area contributed by atoms with Gasteiger partial charge in [0.1, 0.15) is 11.6 Å². The standard InChI is InChI=1S/C23H35N5O7.C7H8/c1-14(2)8-16(20(30)23(3)13-34-23)25-19(29)10-24-21(31)18(12-33-4)26-22(32)17-9-15(35-27-17)11-28-6-5-7-28;1-7-5-3-2-4-6-7/h9,14,16,18H,5-8,10-13H2,1-4H3,(H,24,31)(H,25,29)(H,26,32);2-6H,1H3/t16-,18-,23+;/m0./s1. The van der Waals surface area contributed by atoms with Gasteiger partial charge in [0.25, 0.3) is 5.91 Å². The van der Waals surface area contributed by atoms with Crippen molar-refractivity contribution in [2.24, 2.45) is 5.92 Å². The lowest BCUT2D eigenvalue weighted by Gasteiger charge is -2.29. The van der Waals surface area contributed by atoms with Gasteiger partial charge in [-0.25, -0.2) is 0 Å². The molecule has 12 heteroatoms. The molecule has 1 aromatic carbocycles. The van der Waals surface area contributed by atoms with Crippen molar-refractivity contribution < 1.29 is 33.2 Å². The fourth-order valence-corrected chi connectivity index (χ4v) is 4.23. The molecule has 0 unspecified atom stereocenters. The number of aromatic nitrogens is 1. The number of methoxy groups -OCH3 is 1. The zero-order chi connectivity index (χ0) is 30.7. The zero-order valence-electron chi connectivity index (χ0n) is 25.1. The minimum Gasteiger partial charge on any atom is -0.382 e. The summed E-state index contributed by atoms with van der Waals surface area (Å²) in [7, 11) is 1.39. The number of hydrogen-bond acceptors (Lipinski definition) is 9. The molecule has 3 amide bonds. The number of ketones is 1. The maximum absolute atomic E-state index is 12.7. The van der Waals surface area contributed by atoms with Crippen LogP contribution in [0, 0.1) is 12.8 Å². The summed E-state index contributed by atoms with van der Waals surface area (Å²) >= 11 is 0. The van der Waals surface area contributed by atoms with Crippen LogP contribution >= 0.6 is 0 Å². The summed E-state index contributed by atoms with van der Waals surface area (Å²) in [5, 5.41) is 11.5. The fourth-order valence-electron chi connectivity index (χ4n) is 4.23. The molecular weight excluding hydrogens is 542 g/mol. The molecule has 3 heterocycles. The van der Waals surface area contributed by atoms with Crippen LogP contribution in [0.5, 0.6) is 0 Å². The Labute approximate surface area is 246 Å². The third-order valence-electron chi connectivity index (χ3n) is 6.90. The van der Waals surface area contributed by atoms with Crippen LogP contribution in [-0.4, -0.2) is 91.2 Å². The number of rotatable bonds is 14. The highest BCUT2D eigenvalue weighted by Crippen LogP contribution is 2.29. The molecule has 2 saturated heterocycles. The molecule has 3 N–H and O–H groups in total. The van der Waals surface area contributed by atoms with E-state index in [9.17, 15) is 19.2 Å². The van der Waals surface area contributed by atoms with E-state index in [0.717, 1.165) is 19.5 Å². The number of ether oxygens (including phenoxy) is 2. The molecule has 0 saturated carbocycles. The van der Waals surface area contributed by atoms with Crippen LogP contribution in [0.2, 0.25) is 0 Å². The van der Waals surface area contributed by atoms with Crippen LogP contribution in [0.1, 0.15) is 55.4 Å². The van der Waals surface area contributed by atoms with Crippen LogP contribution in [0.3, 0.4) is 0 Å². The van der Waals surface area contributed by atoms with E-state index in [0.29, 0.717) is 25.3 Å². The van der Waals surface area contributed by atoms with Crippen LogP contribution in [0.15, 0.2) is 40.9 Å². The Balaban J connectivity index is 0.000000603. The molecule has 0 radical (unpaired) electrons. The highest BCUT2D eigenvalue weighted by molar-refractivity contribution is 5.98. The largest absolute Gasteiger partial charge is 0.382 e. The van der Waals surface area contributed by atoms with Crippen molar-refractivity contribution >= 4 is 23.5 Å². The maximum Gasteiger partial charge on any atom is 0.274 e. The lowest BCUT2D eigenvalue weighted by atomic mass is 9.93. The van der Waals surface area contributed by atoms with E-state index in [1.807, 2.05) is 32.0 Å². The third-order valence-corrected chi connectivity index (χ3v) is 6.90. The van der Waals surface area contributed by atoms with E-state index in [1.165, 1.54) is 12.7 Å². The molecule has 2 aliphatic heterocycles. The summed E-state index contributed by atoms with van der Waals surface area (Å²) in [4.78, 5) is 52.5. The molecule has 42 heavy (non-hydrogen) atoms. The molecule has 1 aromatic heterocycles. The van der Waals surface area contributed by atoms with E-state index < -0.39 is 35.4 Å². The SMILES string of the molecule is COC[C@H](NC(=O)c1cc(CN2CCC2)on1)C(=O)NCC(=O)N[C@@H](CC(C)C)C(=O)[C@@]1(C)CO1.Cc1ccccc1. The summed E-state index contributed by atoms with van der Waals surface area (Å²) in [6, 6.07) is 10.0. The number of hydrogen-bond donors (Lipinski definition) is 3. The van der Waals surface area contributed by atoms with Gasteiger partial charge in [-0.05, 0) is 45.7 Å². The smallest absolute Gasteiger partial charge is 0.274 e. The molecule has 2 fully saturated rings. The molecule has 12 nitrogen and oxygen atoms in total. The van der Waals surface area contributed by atoms with Crippen molar-refractivity contribution in [3.8, 4) is 0 Å². The van der Waals surface area contributed by atoms with Crippen molar-refractivity contribution in [2.75, 3.05) is 40.0 Å². The second kappa shape index (κ2) is 15.6. The van der Waals surface area contributed by atoms with Gasteiger partial charge in [-0.1, -0.05) is 54.9 Å². The number of carbonyl (C=O) groups is 4. The second-order valence-corrected chi connectivity index (χ2v) is 11.3. The van der Waals surface area contributed by atoms with E-state index in [4.69, 9.17) is 14.0 Å². The Bertz CT molecular complexity index is 1190. The van der Waals surface area contributed by atoms with E-state index in [2.05, 4.69) is 45.1 Å². The van der Waals surface area contributed by atoms with Gasteiger partial charge >= 0.3 is 0 Å². The van der Waals surface area contributed by atoms with Gasteiger partial charge in [0, 0.05) is 13.2 Å². The zero-order valence-corrected chi connectivity index (χ0v) is 25.1. The van der Waals surface area contributed by atoms with Crippen molar-refractivity contribution in [1.82, 2.24) is 26.0 Å². The maximum atomic E-state index is 12.7. The Morgan fingerprint density at radius 1 is 1.10 bits per heavy atom. The van der Waals surface area contributed by atoms with Gasteiger partial charge in [0.05, 0.1) is 32.3 Å². The van der Waals surface area contributed by atoms with Crippen LogP contribution in [0.4, 0.5) is 0 Å². The molecule has 2 aliphatic rings. The normalized spacial score (nSPS) is 19.0. The number of carbonyl (C=O) groups excluding carboxylic acids is 4. The Hall–Kier alpha value is -3.61. The number of Topliss-reactive ketones (excluding diaryl/α,β-unsaturated/α-hetero) is 1. The number of benzene rings is 1. The summed E-state index contributed by atoms with van der Waals surface area (Å²) in [6.07, 6.45) is 1.59. The molecule has 3 atom stereocenters. The second-order valence-electron chi connectivity index (χ2n) is 11.3. The van der Waals surface area contributed by atoms with Gasteiger partial charge in [-0.3, -0.25) is 24.1 Å². The van der Waals surface area contributed by atoms with Crippen molar-refractivity contribution in [3.63, 3.8) is 0 Å². The quantitative estimate of drug-likeness (QED) is 0.281. The number of aryl methyl sites for hydroxylation is 1. The van der Waals surface area contributed by atoms with Gasteiger partial charge in [-0.2, -0.15) is 0 Å². The summed E-state index contributed by atoms with van der Waals surface area (Å²) in [6.45, 7) is 10.1. The minimum absolute atomic E-state index is 0.0537. The molecule has 2 aromatic rings. The third kappa shape index (κ3) is 10.3. The Kier molecular flexibility index (Phi) is 12.2. The number of likely N-dealkylation sites (tertiary alicyclic amines) is 1. The van der Waals surface area contributed by atoms with Crippen LogP contribution < -0.4 is 16.0 Å². The lowest BCUT2D eigenvalue weighted by molar-refractivity contribution is -0.131. The average molecular weight is 586 g/mol. The first-order valence-electron chi connectivity index (χ1n) is 14.3. The minimum atomic E-state index is -1.05. The molecule has 0 spiro atoms. The number of amides is 3. The topological polar surface area (TPSA) is 155 Å². The molecule has 4 rings (SSSR count). The lowest BCUT2D eigenvalue weighted by Crippen LogP contribution is -2.53. The van der Waals surface area contributed by atoms with Crippen molar-refractivity contribution in [3.05, 3.63) is 53.4 Å². The van der Waals surface area contributed by atoms with Gasteiger partial charge in [0.15, 0.2) is 17.2 Å². The average Bonchev–Trinajstić information content (AvgIpc) is 3.50. The number of epoxide rings is 1. The Morgan fingerprint density at radius 3 is 2.31 bits per heavy atom. The molecule has 0 bridgehead atoms. The van der Waals surface area contributed by atoms with Crippen molar-refractivity contribution in [1.29, 1.82) is 0 Å². The number of nitrogens with one attached hydrogen (secondary N) is 3. The van der Waals surface area contributed by atoms with Gasteiger partial charge < -0.3 is 29.9 Å². The van der Waals surface area contributed by atoms with E-state index >= 15 is 0 Å². The molecule has 0 aliphatic carbocycles. The first kappa shape index (κ1) is 32.9. The van der Waals surface area contributed by atoms with E-state index in [1.54, 1.807) is 13.0 Å². The predicted octanol–water partition coefficient (Wildman–Crippen LogP) is 1.63. The highest BCUT2D eigenvalue weighted by atomic mass is 16.6. The summed E-state index contributed by atoms with van der Waals surface area (Å²) < 4.78 is 15.5. The summed E-state index contributed by atoms with van der Waals surface area (Å²) in [5.41, 5.74) is 0.515. The highest BCUT2D eigenvalue weighted by Gasteiger charge is 2.50. The molecular formula is C30H43N5O7.